The Bertz CT molecular complexity index is 948. The fraction of sp³-hybridized carbons (Fsp3) is 0.250. The normalized spacial score (nSPS) is 15.7. The topological polar surface area (TPSA) is 75.7 Å². The molecule has 2 aromatic carbocycles. The summed E-state index contributed by atoms with van der Waals surface area (Å²) in [5.41, 5.74) is 2.47. The Hall–Kier alpha value is -2.48. The number of anilines is 1. The molecule has 1 amide bonds. The van der Waals surface area contributed by atoms with Crippen molar-refractivity contribution in [3.63, 3.8) is 0 Å². The van der Waals surface area contributed by atoms with Crippen LogP contribution in [0.25, 0.3) is 6.08 Å². The molecule has 1 aliphatic heterocycles. The van der Waals surface area contributed by atoms with Crippen molar-refractivity contribution in [3.8, 4) is 0 Å². The predicted octanol–water partition coefficient (Wildman–Crippen LogP) is 2.67. The highest BCUT2D eigenvalue weighted by molar-refractivity contribution is 7.89. The molecule has 7 heteroatoms. The van der Waals surface area contributed by atoms with Crippen molar-refractivity contribution in [3.05, 3.63) is 65.7 Å². The Labute approximate surface area is 159 Å². The summed E-state index contributed by atoms with van der Waals surface area (Å²) in [4.78, 5) is 12.3. The average Bonchev–Trinajstić information content (AvgIpc) is 2.67. The number of nitrogens with one attached hydrogen (secondary N) is 1. The molecule has 1 heterocycles. The maximum atomic E-state index is 12.7. The lowest BCUT2D eigenvalue weighted by Crippen LogP contribution is -2.40. The van der Waals surface area contributed by atoms with Gasteiger partial charge in [-0.2, -0.15) is 4.31 Å². The molecule has 0 aromatic heterocycles. The predicted molar refractivity (Wildman–Crippen MR) is 105 cm³/mol. The van der Waals surface area contributed by atoms with E-state index < -0.39 is 10.0 Å². The number of hydrogen-bond acceptors (Lipinski definition) is 4. The Kier molecular flexibility index (Phi) is 6.05. The molecule has 0 unspecified atom stereocenters. The minimum atomic E-state index is -3.60. The zero-order chi connectivity index (χ0) is 19.3. The van der Waals surface area contributed by atoms with E-state index in [2.05, 4.69) is 5.32 Å². The van der Waals surface area contributed by atoms with E-state index in [0.29, 0.717) is 32.0 Å². The van der Waals surface area contributed by atoms with Crippen LogP contribution in [0.15, 0.2) is 59.5 Å². The number of carbonyl (C=O) groups is 1. The fourth-order valence-electron chi connectivity index (χ4n) is 2.80. The largest absolute Gasteiger partial charge is 0.379 e. The lowest BCUT2D eigenvalue weighted by atomic mass is 10.1. The number of benzene rings is 2. The second-order valence-corrected chi connectivity index (χ2v) is 8.22. The molecule has 0 aliphatic carbocycles. The van der Waals surface area contributed by atoms with E-state index in [0.717, 1.165) is 11.1 Å². The van der Waals surface area contributed by atoms with Crippen molar-refractivity contribution >= 4 is 27.7 Å². The maximum absolute atomic E-state index is 12.7. The zero-order valence-electron chi connectivity index (χ0n) is 15.1. The minimum absolute atomic E-state index is 0.157. The molecule has 0 radical (unpaired) electrons. The van der Waals surface area contributed by atoms with Gasteiger partial charge in [0.1, 0.15) is 0 Å². The van der Waals surface area contributed by atoms with Gasteiger partial charge in [-0.15, -0.1) is 0 Å². The summed E-state index contributed by atoms with van der Waals surface area (Å²) in [6.45, 7) is 3.42. The number of morpholine rings is 1. The fourth-order valence-corrected chi connectivity index (χ4v) is 4.25. The molecule has 1 N–H and O–H groups in total. The van der Waals surface area contributed by atoms with Gasteiger partial charge in [-0.3, -0.25) is 4.79 Å². The molecule has 27 heavy (non-hydrogen) atoms. The third-order valence-electron chi connectivity index (χ3n) is 4.18. The minimum Gasteiger partial charge on any atom is -0.379 e. The first-order valence-electron chi connectivity index (χ1n) is 8.69. The van der Waals surface area contributed by atoms with E-state index in [-0.39, 0.29) is 10.8 Å². The van der Waals surface area contributed by atoms with Gasteiger partial charge in [0.05, 0.1) is 18.1 Å². The average molecular weight is 386 g/mol. The smallest absolute Gasteiger partial charge is 0.248 e. The number of carbonyl (C=O) groups excluding carboxylic acids is 1. The van der Waals surface area contributed by atoms with Crippen LogP contribution in [0.2, 0.25) is 0 Å². The van der Waals surface area contributed by atoms with Crippen molar-refractivity contribution < 1.29 is 17.9 Å². The van der Waals surface area contributed by atoms with Crippen molar-refractivity contribution in [2.45, 2.75) is 11.8 Å². The van der Waals surface area contributed by atoms with Gasteiger partial charge in [0.15, 0.2) is 0 Å². The number of aryl methyl sites for hydroxylation is 1. The second-order valence-electron chi connectivity index (χ2n) is 6.28. The van der Waals surface area contributed by atoms with Crippen LogP contribution in [0.5, 0.6) is 0 Å². The summed E-state index contributed by atoms with van der Waals surface area (Å²) in [6.07, 6.45) is 3.15. The summed E-state index contributed by atoms with van der Waals surface area (Å²) in [5.74, 6) is -0.322. The lowest BCUT2D eigenvalue weighted by molar-refractivity contribution is -0.111. The SMILES string of the molecule is Cc1cccc(/C=C/C(=O)Nc2cccc(S(=O)(=O)N3CCOCC3)c2)c1. The van der Waals surface area contributed by atoms with Crippen LogP contribution in [0, 0.1) is 6.92 Å². The Morgan fingerprint density at radius 3 is 2.59 bits per heavy atom. The molecule has 1 fully saturated rings. The molecular formula is C20H22N2O4S. The van der Waals surface area contributed by atoms with Gasteiger partial charge in [-0.1, -0.05) is 35.9 Å². The maximum Gasteiger partial charge on any atom is 0.248 e. The molecule has 0 spiro atoms. The molecule has 0 bridgehead atoms. The van der Waals surface area contributed by atoms with Crippen molar-refractivity contribution in [2.75, 3.05) is 31.6 Å². The highest BCUT2D eigenvalue weighted by Crippen LogP contribution is 2.20. The number of hydrogen-bond donors (Lipinski definition) is 1. The molecule has 0 saturated carbocycles. The first-order valence-corrected chi connectivity index (χ1v) is 10.1. The van der Waals surface area contributed by atoms with Crippen LogP contribution in [0.3, 0.4) is 0 Å². The monoisotopic (exact) mass is 386 g/mol. The van der Waals surface area contributed by atoms with Gasteiger partial charge in [-0.25, -0.2) is 8.42 Å². The highest BCUT2D eigenvalue weighted by Gasteiger charge is 2.26. The van der Waals surface area contributed by atoms with Crippen LogP contribution < -0.4 is 5.32 Å². The Morgan fingerprint density at radius 1 is 1.11 bits per heavy atom. The van der Waals surface area contributed by atoms with E-state index in [1.807, 2.05) is 31.2 Å². The van der Waals surface area contributed by atoms with Crippen LogP contribution in [-0.2, 0) is 19.6 Å². The highest BCUT2D eigenvalue weighted by atomic mass is 32.2. The summed E-state index contributed by atoms with van der Waals surface area (Å²) in [7, 11) is -3.60. The first kappa shape index (κ1) is 19.3. The second kappa shape index (κ2) is 8.47. The number of ether oxygens (including phenoxy) is 1. The summed E-state index contributed by atoms with van der Waals surface area (Å²) in [6, 6.07) is 14.1. The number of rotatable bonds is 5. The van der Waals surface area contributed by atoms with E-state index in [1.54, 1.807) is 18.2 Å². The number of nitrogens with zero attached hydrogens (tertiary/aromatic N) is 1. The molecule has 1 aliphatic rings. The van der Waals surface area contributed by atoms with Crippen molar-refractivity contribution in [1.29, 1.82) is 0 Å². The van der Waals surface area contributed by atoms with Gasteiger partial charge < -0.3 is 10.1 Å². The molecule has 2 aromatic rings. The number of sulfonamides is 1. The molecular weight excluding hydrogens is 364 g/mol. The lowest BCUT2D eigenvalue weighted by Gasteiger charge is -2.26. The van der Waals surface area contributed by atoms with Crippen LogP contribution in [-0.4, -0.2) is 44.9 Å². The van der Waals surface area contributed by atoms with Crippen molar-refractivity contribution in [2.24, 2.45) is 0 Å². The van der Waals surface area contributed by atoms with E-state index in [9.17, 15) is 13.2 Å². The molecule has 142 valence electrons. The van der Waals surface area contributed by atoms with Crippen molar-refractivity contribution in [1.82, 2.24) is 4.31 Å². The van der Waals surface area contributed by atoms with Gasteiger partial charge in [0, 0.05) is 24.9 Å². The summed E-state index contributed by atoms with van der Waals surface area (Å²) >= 11 is 0. The molecule has 6 nitrogen and oxygen atoms in total. The molecule has 3 rings (SSSR count). The van der Waals surface area contributed by atoms with Gasteiger partial charge in [0.25, 0.3) is 0 Å². The summed E-state index contributed by atoms with van der Waals surface area (Å²) < 4.78 is 32.0. The van der Waals surface area contributed by atoms with Crippen LogP contribution in [0.1, 0.15) is 11.1 Å². The molecule has 0 atom stereocenters. The van der Waals surface area contributed by atoms with Crippen LogP contribution >= 0.6 is 0 Å². The third kappa shape index (κ3) is 5.03. The van der Waals surface area contributed by atoms with Gasteiger partial charge in [-0.05, 0) is 36.8 Å². The first-order chi connectivity index (χ1) is 12.9. The standard InChI is InChI=1S/C20H22N2O4S/c1-16-4-2-5-17(14-16)8-9-20(23)21-18-6-3-7-19(15-18)27(24,25)22-10-12-26-13-11-22/h2-9,14-15H,10-13H2,1H3,(H,21,23)/b9-8+. The quantitative estimate of drug-likeness (QED) is 0.802. The Balaban J connectivity index is 1.71. The van der Waals surface area contributed by atoms with Crippen LogP contribution in [0.4, 0.5) is 5.69 Å². The van der Waals surface area contributed by atoms with Gasteiger partial charge in [0.2, 0.25) is 15.9 Å². The van der Waals surface area contributed by atoms with Gasteiger partial charge >= 0.3 is 0 Å². The third-order valence-corrected chi connectivity index (χ3v) is 6.07. The molecule has 1 saturated heterocycles. The summed E-state index contributed by atoms with van der Waals surface area (Å²) in [5, 5.41) is 2.71. The number of amides is 1. The van der Waals surface area contributed by atoms with E-state index in [4.69, 9.17) is 4.74 Å². The van der Waals surface area contributed by atoms with E-state index in [1.165, 1.54) is 22.5 Å². The van der Waals surface area contributed by atoms with E-state index >= 15 is 0 Å². The zero-order valence-corrected chi connectivity index (χ0v) is 15.9. The Morgan fingerprint density at radius 2 is 1.85 bits per heavy atom.